The Labute approximate surface area is 170 Å². The number of nitrogens with one attached hydrogen (secondary N) is 1. The van der Waals surface area contributed by atoms with Gasteiger partial charge in [0, 0.05) is 15.1 Å². The maximum Gasteiger partial charge on any atom is 4.00 e. The molecule has 23 heavy (non-hydrogen) atoms. The normalized spacial score (nSPS) is 9.78. The maximum atomic E-state index is 10.9. The van der Waals surface area contributed by atoms with E-state index in [1.165, 1.54) is 0 Å². The monoisotopic (exact) mass is 404 g/mol. The van der Waals surface area contributed by atoms with Crippen LogP contribution in [0.2, 0.25) is 13.1 Å². The second-order valence-electron chi connectivity index (χ2n) is 4.68. The third-order valence-electron chi connectivity index (χ3n) is 2.49. The summed E-state index contributed by atoms with van der Waals surface area (Å²) >= 11 is 0. The van der Waals surface area contributed by atoms with Crippen LogP contribution >= 0.6 is 0 Å². The molecule has 2 rings (SSSR count). The van der Waals surface area contributed by atoms with Crippen LogP contribution in [0.5, 0.6) is 0 Å². The predicted octanol–water partition coefficient (Wildman–Crippen LogP) is -1.37. The molecular weight excluding hydrogens is 381 g/mol. The molecule has 125 valence electrons. The van der Waals surface area contributed by atoms with Gasteiger partial charge in [0.2, 0.25) is 0 Å². The van der Waals surface area contributed by atoms with Crippen molar-refractivity contribution in [1.29, 1.82) is 0 Å². The molecule has 0 aliphatic heterocycles. The molecule has 1 aromatic rings. The van der Waals surface area contributed by atoms with Gasteiger partial charge in [-0.25, -0.2) is 12.2 Å². The van der Waals surface area contributed by atoms with Crippen LogP contribution in [0.4, 0.5) is 0 Å². The number of carbonyl (C=O) groups is 1. The number of allylic oxidation sites excluding steroid dienone is 4. The van der Waals surface area contributed by atoms with Gasteiger partial charge in [0.1, 0.15) is 0 Å². The van der Waals surface area contributed by atoms with Gasteiger partial charge in [0.25, 0.3) is 0 Å². The number of hydrogen-bond acceptors (Lipinski definition) is 1. The average molecular weight is 405 g/mol. The fourth-order valence-corrected chi connectivity index (χ4v) is 1.88. The Hall–Kier alpha value is -0.319. The molecule has 0 saturated heterocycles. The Kier molecular flexibility index (Phi) is 23.9. The second-order valence-corrected chi connectivity index (χ2v) is 5.84. The van der Waals surface area contributed by atoms with Gasteiger partial charge < -0.3 is 35.3 Å². The van der Waals surface area contributed by atoms with Crippen molar-refractivity contribution < 1.29 is 51.3 Å². The Bertz CT molecular complexity index is 472. The van der Waals surface area contributed by atoms with Crippen molar-refractivity contribution in [1.82, 2.24) is 0 Å². The first-order valence-electron chi connectivity index (χ1n) is 6.73. The number of amides is 1. The van der Waals surface area contributed by atoms with E-state index in [2.05, 4.69) is 25.2 Å². The molecule has 0 aromatic heterocycles. The average Bonchev–Trinajstić information content (AvgIpc) is 2.85. The number of carbonyl (C=O) groups excluding carboxylic acids is 1. The van der Waals surface area contributed by atoms with Gasteiger partial charge in [0.05, 0.1) is 5.91 Å². The zero-order chi connectivity index (χ0) is 15.5. The molecule has 1 N–H and O–H groups in total. The Morgan fingerprint density at radius 3 is 1.78 bits per heavy atom. The SMILES string of the molecule is C[SiH]C.Cc1cc(C)c(C([NH-])=O)c(C)c1.[C-]1=CC=CC1.[Cl-].[Cl-].[Ti+4]. The van der Waals surface area contributed by atoms with E-state index in [-0.39, 0.29) is 46.5 Å². The first kappa shape index (κ1) is 30.6. The van der Waals surface area contributed by atoms with E-state index in [1.807, 2.05) is 45.1 Å². The molecule has 0 bridgehead atoms. The van der Waals surface area contributed by atoms with Crippen molar-refractivity contribution in [2.75, 3.05) is 0 Å². The fourth-order valence-electron chi connectivity index (χ4n) is 1.88. The molecule has 0 atom stereocenters. The third-order valence-corrected chi connectivity index (χ3v) is 2.49. The first-order chi connectivity index (χ1) is 9.43. The molecule has 1 aromatic carbocycles. The van der Waals surface area contributed by atoms with Crippen LogP contribution < -0.4 is 24.8 Å². The van der Waals surface area contributed by atoms with E-state index >= 15 is 0 Å². The van der Waals surface area contributed by atoms with Crippen molar-refractivity contribution in [3.05, 3.63) is 64.4 Å². The smallest absolute Gasteiger partial charge is 1.00 e. The van der Waals surface area contributed by atoms with Gasteiger partial charge in [-0.1, -0.05) is 30.8 Å². The van der Waals surface area contributed by atoms with Gasteiger partial charge in [0.15, 0.2) is 0 Å². The summed E-state index contributed by atoms with van der Waals surface area (Å²) in [5.74, 6) is -0.593. The van der Waals surface area contributed by atoms with E-state index in [4.69, 9.17) is 5.73 Å². The van der Waals surface area contributed by atoms with Crippen LogP contribution in [0, 0.1) is 26.8 Å². The summed E-state index contributed by atoms with van der Waals surface area (Å²) < 4.78 is 0. The van der Waals surface area contributed by atoms with E-state index in [1.54, 1.807) is 0 Å². The molecule has 6 heteroatoms. The fraction of sp³-hybridized carbons (Fsp3) is 0.353. The molecule has 0 unspecified atom stereocenters. The zero-order valence-corrected chi connectivity index (χ0v) is 18.6. The number of benzene rings is 1. The van der Waals surface area contributed by atoms with Crippen LogP contribution in [-0.2, 0) is 21.7 Å². The van der Waals surface area contributed by atoms with Gasteiger partial charge in [-0.2, -0.15) is 6.08 Å². The van der Waals surface area contributed by atoms with Crippen molar-refractivity contribution >= 4 is 15.4 Å². The van der Waals surface area contributed by atoms with Crippen LogP contribution in [0.15, 0.2) is 30.4 Å². The second kappa shape index (κ2) is 18.0. The summed E-state index contributed by atoms with van der Waals surface area (Å²) in [7, 11) is 0.750. The Morgan fingerprint density at radius 2 is 1.57 bits per heavy atom. The van der Waals surface area contributed by atoms with E-state index in [0.29, 0.717) is 5.56 Å². The summed E-state index contributed by atoms with van der Waals surface area (Å²) in [6.45, 7) is 10.1. The minimum absolute atomic E-state index is 0. The number of aryl methyl sites for hydroxylation is 3. The molecule has 1 amide bonds. The van der Waals surface area contributed by atoms with Gasteiger partial charge in [-0.3, -0.25) is 6.08 Å². The standard InChI is InChI=1S/C10H13NO.C5H5.C2H7Si.2ClH.Ti/c1-6-4-7(2)9(10(11)12)8(3)5-6;1-2-4-5-3-1;1-3-2;;;/h4-5H,1-3H3,(H2,11,12);1-3H,4H2;3H,1-2H3;2*1H;/q;-1;;;;+4/p-3. The van der Waals surface area contributed by atoms with Crippen LogP contribution in [-0.4, -0.2) is 15.4 Å². The van der Waals surface area contributed by atoms with Crippen LogP contribution in [0.3, 0.4) is 0 Å². The van der Waals surface area contributed by atoms with Crippen molar-refractivity contribution in [2.24, 2.45) is 0 Å². The third kappa shape index (κ3) is 13.8. The van der Waals surface area contributed by atoms with Crippen molar-refractivity contribution in [3.63, 3.8) is 0 Å². The molecule has 1 radical (unpaired) electrons. The van der Waals surface area contributed by atoms with Gasteiger partial charge >= 0.3 is 21.7 Å². The summed E-state index contributed by atoms with van der Waals surface area (Å²) in [5.41, 5.74) is 10.5. The Balaban J connectivity index is -0.000000140. The summed E-state index contributed by atoms with van der Waals surface area (Å²) in [4.78, 5) is 10.9. The van der Waals surface area contributed by atoms with Crippen LogP contribution in [0.25, 0.3) is 5.73 Å². The first-order valence-corrected chi connectivity index (χ1v) is 9.04. The maximum absolute atomic E-state index is 10.9. The molecule has 0 spiro atoms. The quantitative estimate of drug-likeness (QED) is 0.420. The summed E-state index contributed by atoms with van der Waals surface area (Å²) in [6.07, 6.45) is 10.0. The van der Waals surface area contributed by atoms with E-state index in [9.17, 15) is 4.79 Å². The summed E-state index contributed by atoms with van der Waals surface area (Å²) in [6, 6.07) is 3.85. The topological polar surface area (TPSA) is 40.9 Å². The zero-order valence-electron chi connectivity index (χ0n) is 14.3. The number of rotatable bonds is 1. The summed E-state index contributed by atoms with van der Waals surface area (Å²) in [5, 5.41) is 0. The van der Waals surface area contributed by atoms with E-state index < -0.39 is 5.91 Å². The minimum atomic E-state index is -0.593. The molecule has 2 nitrogen and oxygen atoms in total. The number of halogens is 2. The van der Waals surface area contributed by atoms with Crippen LogP contribution in [0.1, 0.15) is 33.5 Å². The number of hydrogen-bond donors (Lipinski definition) is 0. The molecule has 1 aliphatic rings. The molecular formula is C17H24Cl2NOSiTi. The van der Waals surface area contributed by atoms with Crippen molar-refractivity contribution in [3.8, 4) is 0 Å². The van der Waals surface area contributed by atoms with Gasteiger partial charge in [-0.05, 0) is 31.9 Å². The minimum Gasteiger partial charge on any atom is -1.00 e. The largest absolute Gasteiger partial charge is 4.00 e. The van der Waals surface area contributed by atoms with Gasteiger partial charge in [-0.15, -0.1) is 6.42 Å². The molecule has 0 heterocycles. The molecule has 1 aliphatic carbocycles. The predicted molar refractivity (Wildman–Crippen MR) is 89.8 cm³/mol. The molecule has 0 fully saturated rings. The Morgan fingerprint density at radius 1 is 1.13 bits per heavy atom. The van der Waals surface area contributed by atoms with E-state index in [0.717, 1.165) is 32.6 Å². The van der Waals surface area contributed by atoms with Crippen molar-refractivity contribution in [2.45, 2.75) is 40.3 Å². The molecule has 0 saturated carbocycles.